The van der Waals surface area contributed by atoms with Crippen molar-refractivity contribution < 1.29 is 9.90 Å². The fourth-order valence-corrected chi connectivity index (χ4v) is 7.01. The monoisotopic (exact) mass is 400 g/mol. The fraction of sp³-hybridized carbons (Fsp3) is 0.423. The standard InChI is InChI=1S/C26H28N2O2/c27-19-14-18-23-20(9-4-10-21(23)29)28-22(30)15-26(13-11-16-6-2-1-3-7-16)12-5-8-17(19)24(26)25(18)28/h1-4,6-7,9-10,17,19,24,29H,5,8,11-15,27H2/t17-,19+,24-,26-/m0/s1. The van der Waals surface area contributed by atoms with Gasteiger partial charge in [-0.1, -0.05) is 42.8 Å². The summed E-state index contributed by atoms with van der Waals surface area (Å²) < 4.78 is 1.94. The van der Waals surface area contributed by atoms with Crippen LogP contribution in [0.2, 0.25) is 0 Å². The van der Waals surface area contributed by atoms with Gasteiger partial charge in [-0.25, -0.2) is 0 Å². The van der Waals surface area contributed by atoms with Crippen LogP contribution in [-0.2, 0) is 12.8 Å². The van der Waals surface area contributed by atoms with Crippen molar-refractivity contribution in [3.63, 3.8) is 0 Å². The number of phenolic OH excluding ortho intramolecular Hbond substituents is 1. The number of hydrogen-bond donors (Lipinski definition) is 2. The number of nitrogens with zero attached hydrogens (tertiary/aromatic N) is 1. The molecule has 30 heavy (non-hydrogen) atoms. The van der Waals surface area contributed by atoms with Crippen molar-refractivity contribution in [2.45, 2.75) is 56.9 Å². The van der Waals surface area contributed by atoms with Crippen molar-refractivity contribution >= 4 is 16.8 Å². The zero-order valence-corrected chi connectivity index (χ0v) is 17.2. The highest BCUT2D eigenvalue weighted by molar-refractivity contribution is 6.00. The fourth-order valence-electron chi connectivity index (χ4n) is 7.01. The van der Waals surface area contributed by atoms with Gasteiger partial charge in [-0.3, -0.25) is 9.36 Å². The number of carbonyl (C=O) groups is 1. The van der Waals surface area contributed by atoms with Crippen LogP contribution in [-0.4, -0.2) is 21.6 Å². The molecule has 0 bridgehead atoms. The zero-order valence-electron chi connectivity index (χ0n) is 17.2. The molecular formula is C26H28N2O2. The molecule has 6 rings (SSSR count). The van der Waals surface area contributed by atoms with E-state index in [0.29, 0.717) is 18.3 Å². The number of benzene rings is 2. The normalized spacial score (nSPS) is 29.8. The van der Waals surface area contributed by atoms with Crippen LogP contribution in [0, 0.1) is 11.3 Å². The maximum atomic E-state index is 13.6. The minimum absolute atomic E-state index is 0.0252. The van der Waals surface area contributed by atoms with E-state index < -0.39 is 0 Å². The maximum Gasteiger partial charge on any atom is 0.231 e. The summed E-state index contributed by atoms with van der Waals surface area (Å²) in [7, 11) is 0. The van der Waals surface area contributed by atoms with Gasteiger partial charge in [0.05, 0.1) is 5.52 Å². The van der Waals surface area contributed by atoms with Gasteiger partial charge in [-0.2, -0.15) is 0 Å². The average Bonchev–Trinajstić information content (AvgIpc) is 3.09. The molecule has 4 heteroatoms. The molecule has 4 nitrogen and oxygen atoms in total. The Bertz CT molecular complexity index is 1150. The first-order valence-electron chi connectivity index (χ1n) is 11.3. The summed E-state index contributed by atoms with van der Waals surface area (Å²) in [6.45, 7) is 0. The Kier molecular flexibility index (Phi) is 3.91. The number of phenols is 1. The molecule has 0 radical (unpaired) electrons. The molecule has 3 aromatic rings. The number of aryl methyl sites for hydroxylation is 1. The minimum atomic E-state index is -0.0252. The lowest BCUT2D eigenvalue weighted by atomic mass is 9.52. The molecule has 0 amide bonds. The van der Waals surface area contributed by atoms with E-state index in [1.54, 1.807) is 6.07 Å². The smallest absolute Gasteiger partial charge is 0.231 e. The van der Waals surface area contributed by atoms with Gasteiger partial charge in [0, 0.05) is 29.5 Å². The number of rotatable bonds is 3. The van der Waals surface area contributed by atoms with E-state index in [2.05, 4.69) is 30.3 Å². The number of hydrogen-bond acceptors (Lipinski definition) is 3. The SMILES string of the molecule is N[C@@H]1Cc2c3n(c4cccc(O)c24)C(=O)C[C@@]2(CCc4ccccc4)CCC[C@@H]1[C@@H]32. The molecule has 2 aliphatic carbocycles. The second-order valence-corrected chi connectivity index (χ2v) is 9.69. The third-order valence-electron chi connectivity index (χ3n) is 8.20. The van der Waals surface area contributed by atoms with E-state index in [-0.39, 0.29) is 23.1 Å². The molecule has 0 unspecified atom stereocenters. The first kappa shape index (κ1) is 18.2. The highest BCUT2D eigenvalue weighted by Gasteiger charge is 2.56. The topological polar surface area (TPSA) is 68.2 Å². The van der Waals surface area contributed by atoms with Gasteiger partial charge in [0.2, 0.25) is 5.91 Å². The Labute approximate surface area is 176 Å². The van der Waals surface area contributed by atoms with Crippen LogP contribution < -0.4 is 5.73 Å². The third kappa shape index (κ3) is 2.40. The molecule has 3 aliphatic rings. The third-order valence-corrected chi connectivity index (χ3v) is 8.20. The number of aromatic hydroxyl groups is 1. The van der Waals surface area contributed by atoms with E-state index in [4.69, 9.17) is 5.73 Å². The van der Waals surface area contributed by atoms with Crippen LogP contribution in [0.25, 0.3) is 10.9 Å². The van der Waals surface area contributed by atoms with E-state index >= 15 is 0 Å². The van der Waals surface area contributed by atoms with Crippen molar-refractivity contribution in [1.29, 1.82) is 0 Å². The van der Waals surface area contributed by atoms with Gasteiger partial charge in [0.25, 0.3) is 0 Å². The summed E-state index contributed by atoms with van der Waals surface area (Å²) in [5.41, 5.74) is 11.2. The summed E-state index contributed by atoms with van der Waals surface area (Å²) in [6, 6.07) is 16.3. The highest BCUT2D eigenvalue weighted by Crippen LogP contribution is 2.61. The lowest BCUT2D eigenvalue weighted by molar-refractivity contribution is 0.0301. The van der Waals surface area contributed by atoms with Gasteiger partial charge < -0.3 is 10.8 Å². The second kappa shape index (κ2) is 6.45. The predicted octanol–water partition coefficient (Wildman–Crippen LogP) is 4.78. The van der Waals surface area contributed by atoms with Crippen molar-refractivity contribution in [2.75, 3.05) is 0 Å². The van der Waals surface area contributed by atoms with Crippen molar-refractivity contribution in [2.24, 2.45) is 17.1 Å². The molecule has 1 aliphatic heterocycles. The molecule has 2 heterocycles. The number of carbonyl (C=O) groups excluding carboxylic acids is 1. The van der Waals surface area contributed by atoms with E-state index in [0.717, 1.165) is 55.0 Å². The van der Waals surface area contributed by atoms with Gasteiger partial charge in [-0.05, 0) is 66.7 Å². The van der Waals surface area contributed by atoms with Crippen molar-refractivity contribution in [1.82, 2.24) is 4.57 Å². The minimum Gasteiger partial charge on any atom is -0.507 e. The van der Waals surface area contributed by atoms with E-state index in [1.807, 2.05) is 16.7 Å². The Balaban J connectivity index is 1.54. The summed E-state index contributed by atoms with van der Waals surface area (Å²) in [5.74, 6) is 1.18. The quantitative estimate of drug-likeness (QED) is 0.665. The Hall–Kier alpha value is -2.59. The molecule has 0 saturated heterocycles. The average molecular weight is 401 g/mol. The summed E-state index contributed by atoms with van der Waals surface area (Å²) in [5, 5.41) is 11.5. The van der Waals surface area contributed by atoms with E-state index in [1.165, 1.54) is 11.3 Å². The number of aromatic nitrogens is 1. The largest absolute Gasteiger partial charge is 0.507 e. The molecule has 1 saturated carbocycles. The molecule has 1 aromatic heterocycles. The van der Waals surface area contributed by atoms with Crippen LogP contribution in [0.3, 0.4) is 0 Å². The summed E-state index contributed by atoms with van der Waals surface area (Å²) >= 11 is 0. The molecule has 0 spiro atoms. The van der Waals surface area contributed by atoms with Crippen molar-refractivity contribution in [3.8, 4) is 5.75 Å². The Morgan fingerprint density at radius 1 is 1.13 bits per heavy atom. The van der Waals surface area contributed by atoms with Crippen molar-refractivity contribution in [3.05, 3.63) is 65.4 Å². The van der Waals surface area contributed by atoms with Crippen LogP contribution in [0.15, 0.2) is 48.5 Å². The number of nitrogens with two attached hydrogens (primary N) is 1. The first-order valence-corrected chi connectivity index (χ1v) is 11.3. The number of fused-ring (bicyclic) bond motifs is 3. The predicted molar refractivity (Wildman–Crippen MR) is 118 cm³/mol. The highest BCUT2D eigenvalue weighted by atomic mass is 16.3. The zero-order chi connectivity index (χ0) is 20.5. The summed E-state index contributed by atoms with van der Waals surface area (Å²) in [4.78, 5) is 13.6. The summed E-state index contributed by atoms with van der Waals surface area (Å²) in [6.07, 6.45) is 6.72. The van der Waals surface area contributed by atoms with Gasteiger partial charge in [0.15, 0.2) is 0 Å². The van der Waals surface area contributed by atoms with Crippen LogP contribution >= 0.6 is 0 Å². The van der Waals surface area contributed by atoms with E-state index in [9.17, 15) is 9.90 Å². The lowest BCUT2D eigenvalue weighted by Crippen LogP contribution is -2.53. The second-order valence-electron chi connectivity index (χ2n) is 9.69. The molecule has 2 aromatic carbocycles. The van der Waals surface area contributed by atoms with Crippen LogP contribution in [0.1, 0.15) is 59.6 Å². The first-order chi connectivity index (χ1) is 14.6. The Morgan fingerprint density at radius 2 is 1.97 bits per heavy atom. The Morgan fingerprint density at radius 3 is 2.80 bits per heavy atom. The molecule has 3 N–H and O–H groups in total. The van der Waals surface area contributed by atoms with Crippen LogP contribution in [0.5, 0.6) is 5.75 Å². The lowest BCUT2D eigenvalue weighted by Gasteiger charge is -2.54. The van der Waals surface area contributed by atoms with Crippen LogP contribution in [0.4, 0.5) is 0 Å². The van der Waals surface area contributed by atoms with Gasteiger partial charge in [-0.15, -0.1) is 0 Å². The molecule has 154 valence electrons. The molecule has 4 atom stereocenters. The molecule has 1 fully saturated rings. The molecular weight excluding hydrogens is 372 g/mol. The van der Waals surface area contributed by atoms with Gasteiger partial charge in [0.1, 0.15) is 5.75 Å². The maximum absolute atomic E-state index is 13.6. The van der Waals surface area contributed by atoms with Gasteiger partial charge >= 0.3 is 0 Å².